The Morgan fingerprint density at radius 1 is 1.47 bits per heavy atom. The van der Waals surface area contributed by atoms with E-state index in [-0.39, 0.29) is 5.56 Å². The highest BCUT2D eigenvalue weighted by molar-refractivity contribution is 5.24. The summed E-state index contributed by atoms with van der Waals surface area (Å²) in [5, 5.41) is 2.94. The van der Waals surface area contributed by atoms with E-state index >= 15 is 0 Å². The highest BCUT2D eigenvalue weighted by Crippen LogP contribution is 1.97. The van der Waals surface area contributed by atoms with Crippen molar-refractivity contribution in [2.45, 2.75) is 6.61 Å². The fourth-order valence-electron chi connectivity index (χ4n) is 1.08. The molecule has 0 atom stereocenters. The number of aromatic nitrogens is 2. The highest BCUT2D eigenvalue weighted by Gasteiger charge is 1.99. The normalized spacial score (nSPS) is 10.3. The number of anilines is 1. The Kier molecular flexibility index (Phi) is 4.79. The number of ether oxygens (including phenoxy) is 2. The lowest BCUT2D eigenvalue weighted by Gasteiger charge is -2.05. The zero-order chi connectivity index (χ0) is 11.1. The number of H-pyrrole nitrogens is 1. The van der Waals surface area contributed by atoms with Crippen LogP contribution in [0.3, 0.4) is 0 Å². The molecule has 1 heterocycles. The molecular formula is C9H15N3O3. The zero-order valence-corrected chi connectivity index (χ0v) is 8.87. The van der Waals surface area contributed by atoms with E-state index in [0.717, 1.165) is 0 Å². The van der Waals surface area contributed by atoms with Gasteiger partial charge in [0.25, 0.3) is 5.56 Å². The van der Waals surface area contributed by atoms with Gasteiger partial charge >= 0.3 is 0 Å². The van der Waals surface area contributed by atoms with Crippen LogP contribution in [0.4, 0.5) is 5.95 Å². The molecule has 0 aromatic carbocycles. The Balaban J connectivity index is 2.66. The zero-order valence-electron chi connectivity index (χ0n) is 8.87. The van der Waals surface area contributed by atoms with Gasteiger partial charge in [-0.1, -0.05) is 0 Å². The van der Waals surface area contributed by atoms with Crippen molar-refractivity contribution in [3.05, 3.63) is 22.1 Å². The van der Waals surface area contributed by atoms with Gasteiger partial charge in [0, 0.05) is 26.8 Å². The first-order valence-corrected chi connectivity index (χ1v) is 4.58. The molecule has 0 spiro atoms. The van der Waals surface area contributed by atoms with Crippen molar-refractivity contribution in [2.75, 3.05) is 32.7 Å². The van der Waals surface area contributed by atoms with E-state index < -0.39 is 0 Å². The molecule has 0 amide bonds. The monoisotopic (exact) mass is 213 g/mol. The fraction of sp³-hybridized carbons (Fsp3) is 0.556. The topological polar surface area (TPSA) is 76.2 Å². The van der Waals surface area contributed by atoms with Crippen molar-refractivity contribution in [1.29, 1.82) is 0 Å². The van der Waals surface area contributed by atoms with Crippen molar-refractivity contribution in [1.82, 2.24) is 9.97 Å². The lowest BCUT2D eigenvalue weighted by atomic mass is 10.4. The van der Waals surface area contributed by atoms with Crippen LogP contribution in [0.15, 0.2) is 10.9 Å². The van der Waals surface area contributed by atoms with Crippen LogP contribution >= 0.6 is 0 Å². The average molecular weight is 213 g/mol. The third-order valence-electron chi connectivity index (χ3n) is 1.69. The van der Waals surface area contributed by atoms with Gasteiger partial charge in [0.2, 0.25) is 5.95 Å². The third kappa shape index (κ3) is 4.09. The summed E-state index contributed by atoms with van der Waals surface area (Å²) in [7, 11) is 3.17. The Hall–Kier alpha value is -1.40. The Morgan fingerprint density at radius 3 is 2.93 bits per heavy atom. The molecule has 0 aliphatic carbocycles. The second-order valence-electron chi connectivity index (χ2n) is 2.94. The van der Waals surface area contributed by atoms with Crippen molar-refractivity contribution in [2.24, 2.45) is 0 Å². The third-order valence-corrected chi connectivity index (χ3v) is 1.69. The summed E-state index contributed by atoms with van der Waals surface area (Å²) in [5.74, 6) is 0.437. The SMILES string of the molecule is COCCNc1nc(COC)cc(=O)[nH]1. The minimum absolute atomic E-state index is 0.197. The maximum atomic E-state index is 11.2. The van der Waals surface area contributed by atoms with E-state index in [4.69, 9.17) is 9.47 Å². The van der Waals surface area contributed by atoms with E-state index in [1.54, 1.807) is 14.2 Å². The fourth-order valence-corrected chi connectivity index (χ4v) is 1.08. The smallest absolute Gasteiger partial charge is 0.252 e. The standard InChI is InChI=1S/C9H15N3O3/c1-14-4-3-10-9-11-7(6-15-2)5-8(13)12-9/h5H,3-4,6H2,1-2H3,(H2,10,11,12,13). The summed E-state index contributed by atoms with van der Waals surface area (Å²) < 4.78 is 9.76. The molecule has 0 radical (unpaired) electrons. The molecule has 6 heteroatoms. The predicted octanol–water partition coefficient (Wildman–Crippen LogP) is -0.0254. The van der Waals surface area contributed by atoms with Crippen LogP contribution in [0.5, 0.6) is 0 Å². The van der Waals surface area contributed by atoms with Crippen molar-refractivity contribution in [3.63, 3.8) is 0 Å². The highest BCUT2D eigenvalue weighted by atomic mass is 16.5. The van der Waals surface area contributed by atoms with Crippen molar-refractivity contribution in [3.8, 4) is 0 Å². The van der Waals surface area contributed by atoms with Crippen LogP contribution in [0.1, 0.15) is 5.69 Å². The van der Waals surface area contributed by atoms with Crippen molar-refractivity contribution < 1.29 is 9.47 Å². The molecule has 0 saturated carbocycles. The molecule has 6 nitrogen and oxygen atoms in total. The number of hydrogen-bond donors (Lipinski definition) is 2. The van der Waals surface area contributed by atoms with Gasteiger partial charge in [0.15, 0.2) is 0 Å². The number of methoxy groups -OCH3 is 2. The molecule has 2 N–H and O–H groups in total. The molecule has 1 aromatic heterocycles. The molecule has 84 valence electrons. The van der Waals surface area contributed by atoms with Gasteiger partial charge < -0.3 is 14.8 Å². The van der Waals surface area contributed by atoms with Gasteiger partial charge in [-0.2, -0.15) is 0 Å². The number of nitrogens with one attached hydrogen (secondary N) is 2. The van der Waals surface area contributed by atoms with Gasteiger partial charge in [-0.05, 0) is 0 Å². The summed E-state index contributed by atoms with van der Waals surface area (Å²) in [6, 6.07) is 1.41. The largest absolute Gasteiger partial charge is 0.383 e. The molecule has 0 aliphatic rings. The second kappa shape index (κ2) is 6.15. The Morgan fingerprint density at radius 2 is 2.27 bits per heavy atom. The van der Waals surface area contributed by atoms with Crippen LogP contribution in [0.25, 0.3) is 0 Å². The van der Waals surface area contributed by atoms with Gasteiger partial charge in [-0.3, -0.25) is 9.78 Å². The number of rotatable bonds is 6. The van der Waals surface area contributed by atoms with E-state index in [1.165, 1.54) is 6.07 Å². The lowest BCUT2D eigenvalue weighted by molar-refractivity contribution is 0.181. The summed E-state index contributed by atoms with van der Waals surface area (Å²) in [5.41, 5.74) is 0.401. The van der Waals surface area contributed by atoms with E-state index in [9.17, 15) is 4.79 Å². The molecular weight excluding hydrogens is 198 g/mol. The van der Waals surface area contributed by atoms with Gasteiger partial charge in [-0.25, -0.2) is 4.98 Å². The summed E-state index contributed by atoms with van der Waals surface area (Å²) in [6.07, 6.45) is 0. The molecule has 0 unspecified atom stereocenters. The molecule has 0 saturated heterocycles. The molecule has 0 bridgehead atoms. The van der Waals surface area contributed by atoms with Crippen LogP contribution < -0.4 is 10.9 Å². The van der Waals surface area contributed by atoms with Gasteiger partial charge in [-0.15, -0.1) is 0 Å². The van der Waals surface area contributed by atoms with E-state index in [1.807, 2.05) is 0 Å². The second-order valence-corrected chi connectivity index (χ2v) is 2.94. The maximum absolute atomic E-state index is 11.2. The van der Waals surface area contributed by atoms with Gasteiger partial charge in [0.1, 0.15) is 0 Å². The Bertz CT molecular complexity index is 351. The first-order valence-electron chi connectivity index (χ1n) is 4.58. The van der Waals surface area contributed by atoms with E-state index in [2.05, 4.69) is 15.3 Å². The molecule has 0 aliphatic heterocycles. The van der Waals surface area contributed by atoms with E-state index in [0.29, 0.717) is 31.4 Å². The Labute approximate surface area is 87.6 Å². The first kappa shape index (κ1) is 11.7. The maximum Gasteiger partial charge on any atom is 0.252 e. The van der Waals surface area contributed by atoms with Crippen LogP contribution in [0, 0.1) is 0 Å². The summed E-state index contributed by atoms with van der Waals surface area (Å²) >= 11 is 0. The van der Waals surface area contributed by atoms with Crippen LogP contribution in [-0.4, -0.2) is 37.3 Å². The minimum atomic E-state index is -0.197. The predicted molar refractivity (Wildman–Crippen MR) is 55.9 cm³/mol. The molecule has 1 rings (SSSR count). The number of nitrogens with zero attached hydrogens (tertiary/aromatic N) is 1. The molecule has 1 aromatic rings. The lowest BCUT2D eigenvalue weighted by Crippen LogP contribution is -2.16. The number of hydrogen-bond acceptors (Lipinski definition) is 5. The summed E-state index contributed by atoms with van der Waals surface area (Å²) in [6.45, 7) is 1.47. The first-order chi connectivity index (χ1) is 7.26. The number of aromatic amines is 1. The van der Waals surface area contributed by atoms with Gasteiger partial charge in [0.05, 0.1) is 18.9 Å². The minimum Gasteiger partial charge on any atom is -0.383 e. The van der Waals surface area contributed by atoms with Crippen LogP contribution in [-0.2, 0) is 16.1 Å². The van der Waals surface area contributed by atoms with Crippen molar-refractivity contribution >= 4 is 5.95 Å². The average Bonchev–Trinajstić information content (AvgIpc) is 2.18. The molecule has 0 fully saturated rings. The van der Waals surface area contributed by atoms with Crippen LogP contribution in [0.2, 0.25) is 0 Å². The summed E-state index contributed by atoms with van der Waals surface area (Å²) in [4.78, 5) is 17.9. The quantitative estimate of drug-likeness (QED) is 0.649. The molecule has 15 heavy (non-hydrogen) atoms.